The molecule has 9 heteroatoms. The van der Waals surface area contributed by atoms with Crippen LogP contribution in [0.15, 0.2) is 35.7 Å². The number of phenols is 1. The topological polar surface area (TPSA) is 107 Å². The minimum atomic E-state index is 0.0721. The van der Waals surface area contributed by atoms with Crippen LogP contribution in [0.1, 0.15) is 5.56 Å². The van der Waals surface area contributed by atoms with Crippen molar-refractivity contribution < 1.29 is 24.1 Å². The van der Waals surface area contributed by atoms with Gasteiger partial charge in [0, 0.05) is 11.6 Å². The van der Waals surface area contributed by atoms with E-state index in [-0.39, 0.29) is 5.75 Å². The molecule has 2 N–H and O–H groups in total. The summed E-state index contributed by atoms with van der Waals surface area (Å²) in [6, 6.07) is 6.57. The molecule has 0 radical (unpaired) electrons. The fourth-order valence-corrected chi connectivity index (χ4v) is 2.70. The van der Waals surface area contributed by atoms with Crippen molar-refractivity contribution in [2.24, 2.45) is 5.10 Å². The van der Waals surface area contributed by atoms with Crippen LogP contribution < -0.4 is 24.4 Å². The lowest BCUT2D eigenvalue weighted by Gasteiger charge is -2.15. The fraction of sp³-hybridized carbons (Fsp3) is 0.211. The Labute approximate surface area is 161 Å². The summed E-state index contributed by atoms with van der Waals surface area (Å²) in [5, 5.41) is 14.7. The van der Waals surface area contributed by atoms with Gasteiger partial charge in [-0.15, -0.1) is 0 Å². The predicted molar refractivity (Wildman–Crippen MR) is 105 cm³/mol. The number of aromatic hydroxyl groups is 1. The monoisotopic (exact) mass is 384 g/mol. The zero-order valence-corrected chi connectivity index (χ0v) is 15.9. The molecular weight excluding hydrogens is 364 g/mol. The predicted octanol–water partition coefficient (Wildman–Crippen LogP) is 2.82. The van der Waals surface area contributed by atoms with Gasteiger partial charge in [-0.1, -0.05) is 0 Å². The number of hydrogen-bond donors (Lipinski definition) is 2. The Morgan fingerprint density at radius 1 is 0.964 bits per heavy atom. The van der Waals surface area contributed by atoms with Crippen LogP contribution in [0.2, 0.25) is 0 Å². The van der Waals surface area contributed by atoms with Gasteiger partial charge < -0.3 is 24.1 Å². The van der Waals surface area contributed by atoms with Gasteiger partial charge in [0.15, 0.2) is 17.3 Å². The van der Waals surface area contributed by atoms with Crippen molar-refractivity contribution in [3.63, 3.8) is 0 Å². The zero-order chi connectivity index (χ0) is 20.1. The van der Waals surface area contributed by atoms with Gasteiger partial charge in [-0.25, -0.2) is 9.97 Å². The number of fused-ring (bicyclic) bond motifs is 1. The van der Waals surface area contributed by atoms with Crippen LogP contribution in [0, 0.1) is 0 Å². The molecule has 146 valence electrons. The highest BCUT2D eigenvalue weighted by atomic mass is 16.5. The van der Waals surface area contributed by atoms with Crippen molar-refractivity contribution >= 4 is 22.9 Å². The highest BCUT2D eigenvalue weighted by molar-refractivity contribution is 5.98. The number of benzene rings is 2. The average molecular weight is 384 g/mol. The van der Waals surface area contributed by atoms with Crippen LogP contribution >= 0.6 is 0 Å². The van der Waals surface area contributed by atoms with Crippen LogP contribution in [0.5, 0.6) is 28.7 Å². The molecule has 0 unspecified atom stereocenters. The summed E-state index contributed by atoms with van der Waals surface area (Å²) in [5.41, 5.74) is 3.93. The van der Waals surface area contributed by atoms with E-state index in [1.807, 2.05) is 0 Å². The number of hydrogen-bond acceptors (Lipinski definition) is 9. The summed E-state index contributed by atoms with van der Waals surface area (Å²) < 4.78 is 21.4. The van der Waals surface area contributed by atoms with E-state index in [1.54, 1.807) is 25.3 Å². The third kappa shape index (κ3) is 3.54. The molecule has 1 heterocycles. The van der Waals surface area contributed by atoms with Gasteiger partial charge in [0.25, 0.3) is 0 Å². The van der Waals surface area contributed by atoms with Crippen molar-refractivity contribution in [1.82, 2.24) is 9.97 Å². The fourth-order valence-electron chi connectivity index (χ4n) is 2.70. The maximum Gasteiger partial charge on any atom is 0.204 e. The first kappa shape index (κ1) is 19.0. The standard InChI is InChI=1S/C19H20N4O5/c1-25-12-5-6-14(24)11(7-12)9-22-23-19-16-13(20-10-21-19)8-15(26-2)17(27-3)18(16)28-4/h5-10,24H,1-4H3,(H,20,21,23)/b22-9+. The van der Waals surface area contributed by atoms with Gasteiger partial charge in [0.05, 0.1) is 45.6 Å². The minimum Gasteiger partial charge on any atom is -0.507 e. The average Bonchev–Trinajstić information content (AvgIpc) is 2.73. The van der Waals surface area contributed by atoms with Crippen LogP contribution in [0.3, 0.4) is 0 Å². The Bertz CT molecular complexity index is 1020. The van der Waals surface area contributed by atoms with Gasteiger partial charge in [0.2, 0.25) is 5.75 Å². The van der Waals surface area contributed by atoms with Crippen LogP contribution in [-0.4, -0.2) is 49.7 Å². The summed E-state index contributed by atoms with van der Waals surface area (Å²) in [5.74, 6) is 2.40. The molecule has 0 spiro atoms. The number of nitrogens with one attached hydrogen (secondary N) is 1. The lowest BCUT2D eigenvalue weighted by molar-refractivity contribution is 0.327. The molecule has 0 amide bonds. The van der Waals surface area contributed by atoms with E-state index < -0.39 is 0 Å². The Morgan fingerprint density at radius 2 is 1.75 bits per heavy atom. The Morgan fingerprint density at radius 3 is 2.43 bits per heavy atom. The molecule has 0 fully saturated rings. The summed E-state index contributed by atoms with van der Waals surface area (Å²) >= 11 is 0. The molecule has 0 saturated heterocycles. The Balaban J connectivity index is 2.02. The quantitative estimate of drug-likeness (QED) is 0.473. The summed E-state index contributed by atoms with van der Waals surface area (Å²) in [4.78, 5) is 8.50. The highest BCUT2D eigenvalue weighted by Crippen LogP contribution is 2.44. The second-order valence-electron chi connectivity index (χ2n) is 5.56. The number of phenolic OH excluding ortho intramolecular Hbond substituents is 1. The SMILES string of the molecule is COc1ccc(O)c(/C=N/Nc2ncnc3cc(OC)c(OC)c(OC)c23)c1. The number of rotatable bonds is 7. The second-order valence-corrected chi connectivity index (χ2v) is 5.56. The first-order chi connectivity index (χ1) is 13.6. The number of anilines is 1. The molecule has 0 aliphatic heterocycles. The van der Waals surface area contributed by atoms with Crippen molar-refractivity contribution in [2.75, 3.05) is 33.9 Å². The summed E-state index contributed by atoms with van der Waals surface area (Å²) in [7, 11) is 6.12. The van der Waals surface area contributed by atoms with Gasteiger partial charge in [-0.3, -0.25) is 5.43 Å². The maximum absolute atomic E-state index is 9.96. The van der Waals surface area contributed by atoms with Crippen LogP contribution in [-0.2, 0) is 0 Å². The number of nitrogens with zero attached hydrogens (tertiary/aromatic N) is 3. The van der Waals surface area contributed by atoms with Gasteiger partial charge in [-0.2, -0.15) is 5.10 Å². The molecule has 2 aromatic carbocycles. The normalized spacial score (nSPS) is 10.9. The molecule has 3 aromatic rings. The highest BCUT2D eigenvalue weighted by Gasteiger charge is 2.19. The van der Waals surface area contributed by atoms with Gasteiger partial charge in [0.1, 0.15) is 17.8 Å². The van der Waals surface area contributed by atoms with Gasteiger partial charge >= 0.3 is 0 Å². The van der Waals surface area contributed by atoms with E-state index >= 15 is 0 Å². The van der Waals surface area contributed by atoms with Crippen molar-refractivity contribution in [2.45, 2.75) is 0 Å². The number of hydrazone groups is 1. The molecule has 0 saturated carbocycles. The largest absolute Gasteiger partial charge is 0.507 e. The van der Waals surface area contributed by atoms with E-state index in [0.29, 0.717) is 45.3 Å². The molecule has 0 atom stereocenters. The lowest BCUT2D eigenvalue weighted by atomic mass is 10.2. The Kier molecular flexibility index (Phi) is 5.64. The molecule has 0 aliphatic carbocycles. The summed E-state index contributed by atoms with van der Waals surface area (Å²) in [6.07, 6.45) is 2.85. The van der Waals surface area contributed by atoms with E-state index in [2.05, 4.69) is 20.5 Å². The smallest absolute Gasteiger partial charge is 0.204 e. The van der Waals surface area contributed by atoms with Crippen LogP contribution in [0.25, 0.3) is 10.9 Å². The Hall–Kier alpha value is -3.75. The third-order valence-corrected chi connectivity index (χ3v) is 4.04. The third-order valence-electron chi connectivity index (χ3n) is 4.04. The minimum absolute atomic E-state index is 0.0721. The van der Waals surface area contributed by atoms with Crippen LogP contribution in [0.4, 0.5) is 5.82 Å². The molecule has 3 rings (SSSR count). The lowest BCUT2D eigenvalue weighted by Crippen LogP contribution is -2.01. The number of ether oxygens (including phenoxy) is 4. The summed E-state index contributed by atoms with van der Waals surface area (Å²) in [6.45, 7) is 0. The second kappa shape index (κ2) is 8.30. The molecular formula is C19H20N4O5. The molecule has 9 nitrogen and oxygen atoms in total. The molecule has 0 aliphatic rings. The van der Waals surface area contributed by atoms with Crippen molar-refractivity contribution in [3.8, 4) is 28.7 Å². The number of methoxy groups -OCH3 is 4. The van der Waals surface area contributed by atoms with Gasteiger partial charge in [-0.05, 0) is 18.2 Å². The van der Waals surface area contributed by atoms with E-state index in [9.17, 15) is 5.11 Å². The van der Waals surface area contributed by atoms with Crippen molar-refractivity contribution in [3.05, 3.63) is 36.2 Å². The van der Waals surface area contributed by atoms with E-state index in [1.165, 1.54) is 39.9 Å². The maximum atomic E-state index is 9.96. The molecule has 1 aromatic heterocycles. The zero-order valence-electron chi connectivity index (χ0n) is 15.9. The van der Waals surface area contributed by atoms with E-state index in [4.69, 9.17) is 18.9 Å². The molecule has 0 bridgehead atoms. The number of aromatic nitrogens is 2. The first-order valence-electron chi connectivity index (χ1n) is 8.22. The molecule has 28 heavy (non-hydrogen) atoms. The van der Waals surface area contributed by atoms with E-state index in [0.717, 1.165) is 0 Å². The first-order valence-corrected chi connectivity index (χ1v) is 8.22. The van der Waals surface area contributed by atoms with Crippen molar-refractivity contribution in [1.29, 1.82) is 0 Å².